The second-order valence-corrected chi connectivity index (χ2v) is 3.44. The van der Waals surface area contributed by atoms with Gasteiger partial charge in [0.2, 0.25) is 0 Å². The van der Waals surface area contributed by atoms with Gasteiger partial charge in [0.1, 0.15) is 0 Å². The summed E-state index contributed by atoms with van der Waals surface area (Å²) in [5.41, 5.74) is 0. The quantitative estimate of drug-likeness (QED) is 0.360. The van der Waals surface area contributed by atoms with E-state index in [-0.39, 0.29) is 131 Å². The van der Waals surface area contributed by atoms with Crippen molar-refractivity contribution in [3.63, 3.8) is 0 Å². The zero-order valence-electron chi connectivity index (χ0n) is 15.6. The van der Waals surface area contributed by atoms with E-state index in [4.69, 9.17) is 0 Å². The zero-order chi connectivity index (χ0) is 15.7. The maximum absolute atomic E-state index is 10.8. The number of hydrogen-bond donors (Lipinski definition) is 0. The first kappa shape index (κ1) is 36.7. The Hall–Kier alpha value is 1.80. The molecule has 14 heteroatoms. The molecule has 10 nitrogen and oxygen atoms in total. The van der Waals surface area contributed by atoms with E-state index >= 15 is 0 Å². The van der Waals surface area contributed by atoms with Gasteiger partial charge < -0.3 is 19.4 Å². The normalized spacial score (nSPS) is 8.42. The van der Waals surface area contributed by atoms with Crippen LogP contribution in [0.4, 0.5) is 0 Å². The fraction of sp³-hybridized carbons (Fsp3) is 0.600. The molecule has 0 heterocycles. The number of rotatable bonds is 7. The summed E-state index contributed by atoms with van der Waals surface area (Å²) in [5.74, 6) is -2.90. The van der Waals surface area contributed by atoms with E-state index in [0.717, 1.165) is 27.7 Å². The van der Waals surface area contributed by atoms with Crippen LogP contribution < -0.4 is 0 Å². The molecule has 24 heavy (non-hydrogen) atoms. The molecular formula is C10H16N2Na4O8. The van der Waals surface area contributed by atoms with E-state index in [2.05, 4.69) is 19.4 Å². The fourth-order valence-corrected chi connectivity index (χ4v) is 0.957. The summed E-state index contributed by atoms with van der Waals surface area (Å²) in [6, 6.07) is 0. The van der Waals surface area contributed by atoms with E-state index in [1.165, 1.54) is 0 Å². The third-order valence-electron chi connectivity index (χ3n) is 1.39. The van der Waals surface area contributed by atoms with Crippen LogP contribution in [0.2, 0.25) is 0 Å². The molecule has 0 spiro atoms. The minimum Gasteiger partial charge on any atom is -0.333 e. The van der Waals surface area contributed by atoms with E-state index in [9.17, 15) is 19.2 Å². The largest absolute Gasteiger partial charge is 0.333 e. The average molecular weight is 384 g/mol. The molecule has 0 aromatic rings. The molecule has 0 aliphatic heterocycles. The average Bonchev–Trinajstić information content (AvgIpc) is 2.22. The summed E-state index contributed by atoms with van der Waals surface area (Å²) in [6.45, 7) is 3.97. The summed E-state index contributed by atoms with van der Waals surface area (Å²) in [5, 5.41) is 1.15. The topological polar surface area (TPSA) is 112 Å². The van der Waals surface area contributed by atoms with Crippen LogP contribution in [0.25, 0.3) is 0 Å². The van der Waals surface area contributed by atoms with Crippen molar-refractivity contribution in [2.24, 2.45) is 0 Å². The third kappa shape index (κ3) is 23.8. The number of carbonyl (C=O) groups excluding carboxylic acids is 4. The van der Waals surface area contributed by atoms with Crippen LogP contribution in [-0.2, 0) is 38.5 Å². The van der Waals surface area contributed by atoms with Gasteiger partial charge in [0.05, 0.1) is 13.1 Å². The molecular weight excluding hydrogens is 368 g/mol. The summed E-state index contributed by atoms with van der Waals surface area (Å²) < 4.78 is 0. The first-order valence-electron chi connectivity index (χ1n) is 5.50. The minimum atomic E-state index is -0.724. The fourth-order valence-electron chi connectivity index (χ4n) is 0.957. The van der Waals surface area contributed by atoms with E-state index in [1.807, 2.05) is 0 Å². The van der Waals surface area contributed by atoms with Crippen LogP contribution in [0.1, 0.15) is 27.7 Å². The monoisotopic (exact) mass is 384 g/mol. The van der Waals surface area contributed by atoms with Gasteiger partial charge in [-0.2, -0.15) is 0 Å². The Morgan fingerprint density at radius 1 is 0.542 bits per heavy atom. The smallest absolute Gasteiger partial charge is 0.326 e. The van der Waals surface area contributed by atoms with Crippen LogP contribution in [0.15, 0.2) is 0 Å². The number of hydrogen-bond acceptors (Lipinski definition) is 10. The van der Waals surface area contributed by atoms with Gasteiger partial charge in [-0.1, -0.05) is 0 Å². The Morgan fingerprint density at radius 2 is 0.708 bits per heavy atom. The Bertz CT molecular complexity index is 331. The summed E-state index contributed by atoms with van der Waals surface area (Å²) in [7, 11) is 0. The molecule has 0 aromatic heterocycles. The van der Waals surface area contributed by atoms with Gasteiger partial charge in [-0.25, -0.2) is 0 Å². The van der Waals surface area contributed by atoms with Crippen LogP contribution >= 0.6 is 0 Å². The number of carbonyl (C=O) groups is 4. The molecule has 0 amide bonds. The van der Waals surface area contributed by atoms with Crippen molar-refractivity contribution in [3.8, 4) is 0 Å². The molecule has 0 rings (SSSR count). The molecule has 0 bridgehead atoms. The first-order valence-corrected chi connectivity index (χ1v) is 5.50. The molecule has 0 aliphatic rings. The van der Waals surface area contributed by atoms with Crippen LogP contribution in [0.3, 0.4) is 0 Å². The molecule has 0 saturated heterocycles. The first-order chi connectivity index (χ1) is 9.20. The van der Waals surface area contributed by atoms with E-state index < -0.39 is 23.9 Å². The van der Waals surface area contributed by atoms with Gasteiger partial charge in [-0.3, -0.25) is 19.2 Å². The van der Waals surface area contributed by atoms with Crippen LogP contribution in [-0.4, -0.2) is 166 Å². The molecule has 0 atom stereocenters. The predicted octanol–water partition coefficient (Wildman–Crippen LogP) is -2.02. The Balaban J connectivity index is -0.000000301. The van der Waals surface area contributed by atoms with E-state index in [0.29, 0.717) is 10.5 Å². The summed E-state index contributed by atoms with van der Waals surface area (Å²) >= 11 is 0. The Kier molecular flexibility index (Phi) is 32.3. The van der Waals surface area contributed by atoms with Crippen molar-refractivity contribution in [2.75, 3.05) is 13.1 Å². The van der Waals surface area contributed by atoms with Gasteiger partial charge in [0.15, 0.2) is 0 Å². The van der Waals surface area contributed by atoms with Crippen molar-refractivity contribution in [1.82, 2.24) is 10.5 Å². The summed E-state index contributed by atoms with van der Waals surface area (Å²) in [6.07, 6.45) is 0. The van der Waals surface area contributed by atoms with Crippen molar-refractivity contribution in [3.05, 3.63) is 0 Å². The molecule has 0 saturated carbocycles. The third-order valence-corrected chi connectivity index (χ3v) is 1.39. The number of nitrogens with zero attached hydrogens (tertiary/aromatic N) is 2. The second-order valence-electron chi connectivity index (χ2n) is 3.44. The molecule has 4 radical (unpaired) electrons. The van der Waals surface area contributed by atoms with Gasteiger partial charge in [0, 0.05) is 156 Å². The number of hydroxylamine groups is 4. The van der Waals surface area contributed by atoms with Crippen molar-refractivity contribution in [1.29, 1.82) is 0 Å². The molecule has 0 aliphatic carbocycles. The maximum atomic E-state index is 10.8. The molecule has 118 valence electrons. The molecule has 0 N–H and O–H groups in total. The van der Waals surface area contributed by atoms with Crippen molar-refractivity contribution >= 4 is 142 Å². The van der Waals surface area contributed by atoms with Crippen LogP contribution in [0, 0.1) is 0 Å². The van der Waals surface area contributed by atoms with Crippen LogP contribution in [0.5, 0.6) is 0 Å². The maximum Gasteiger partial charge on any atom is 0.326 e. The predicted molar refractivity (Wildman–Crippen MR) is 83.5 cm³/mol. The zero-order valence-corrected chi connectivity index (χ0v) is 23.6. The minimum absolute atomic E-state index is 0. The van der Waals surface area contributed by atoms with Gasteiger partial charge >= 0.3 is 23.9 Å². The molecule has 0 fully saturated rings. The van der Waals surface area contributed by atoms with Gasteiger partial charge in [-0.15, -0.1) is 0 Å². The van der Waals surface area contributed by atoms with Crippen molar-refractivity contribution in [2.45, 2.75) is 27.7 Å². The summed E-state index contributed by atoms with van der Waals surface area (Å²) in [4.78, 5) is 61.4. The molecule has 0 unspecified atom stereocenters. The van der Waals surface area contributed by atoms with Gasteiger partial charge in [-0.05, 0) is 0 Å². The standard InChI is InChI=1S/C10H16N2O8.4Na/c1-7(13)17-11(18-8(2)14)5-6-12(19-9(3)15)20-10(4)16;;;;/h5-6H2,1-4H3;;;;. The van der Waals surface area contributed by atoms with Crippen molar-refractivity contribution < 1.29 is 38.5 Å². The van der Waals surface area contributed by atoms with E-state index in [1.54, 1.807) is 0 Å². The molecule has 0 aromatic carbocycles. The Labute approximate surface area is 228 Å². The Morgan fingerprint density at radius 3 is 0.833 bits per heavy atom. The second kappa shape index (κ2) is 21.1. The SMILES string of the molecule is CC(=O)ON(CCN(OC(C)=O)OC(C)=O)OC(C)=O.[Na].[Na].[Na].[Na]. The van der Waals surface area contributed by atoms with Gasteiger partial charge in [0.25, 0.3) is 0 Å².